The van der Waals surface area contributed by atoms with Crippen molar-refractivity contribution in [3.05, 3.63) is 65.9 Å². The first kappa shape index (κ1) is 18.6. The molecule has 1 aromatic heterocycles. The number of hydrogen-bond acceptors (Lipinski definition) is 5. The highest BCUT2D eigenvalue weighted by atomic mass is 16.5. The Morgan fingerprint density at radius 1 is 1.03 bits per heavy atom. The van der Waals surface area contributed by atoms with Crippen LogP contribution in [0.4, 0.5) is 5.69 Å². The minimum absolute atomic E-state index is 0.146. The summed E-state index contributed by atoms with van der Waals surface area (Å²) in [6, 6.07) is 16.0. The van der Waals surface area contributed by atoms with E-state index in [1.54, 1.807) is 49.6 Å². The Labute approximate surface area is 167 Å². The van der Waals surface area contributed by atoms with Crippen molar-refractivity contribution in [1.82, 2.24) is 9.88 Å². The molecule has 2 aromatic carbocycles. The normalized spacial score (nSPS) is 13.8. The van der Waals surface area contributed by atoms with Gasteiger partial charge in [0.05, 0.1) is 19.2 Å². The molecule has 1 aliphatic heterocycles. The number of anilines is 1. The number of fused-ring (bicyclic) bond motifs is 1. The van der Waals surface area contributed by atoms with E-state index in [0.717, 1.165) is 16.7 Å². The fourth-order valence-corrected chi connectivity index (χ4v) is 3.23. The number of aromatic nitrogens is 1. The van der Waals surface area contributed by atoms with Gasteiger partial charge in [0, 0.05) is 23.9 Å². The molecule has 0 radical (unpaired) electrons. The van der Waals surface area contributed by atoms with E-state index in [1.165, 1.54) is 4.90 Å². The average molecular weight is 389 g/mol. The SMILES string of the molecule is COc1ccc2nc(C(=O)Nc3ccc(CN4C(=O)CCC4=O)cc3)ccc2c1. The van der Waals surface area contributed by atoms with Crippen LogP contribution in [0.1, 0.15) is 28.9 Å². The molecule has 0 bridgehead atoms. The molecule has 7 nitrogen and oxygen atoms in total. The summed E-state index contributed by atoms with van der Waals surface area (Å²) in [4.78, 5) is 41.6. The second kappa shape index (κ2) is 7.71. The molecule has 29 heavy (non-hydrogen) atoms. The van der Waals surface area contributed by atoms with Gasteiger partial charge in [-0.15, -0.1) is 0 Å². The lowest BCUT2D eigenvalue weighted by molar-refractivity contribution is -0.139. The predicted octanol–water partition coefficient (Wildman–Crippen LogP) is 3.14. The molecule has 1 fully saturated rings. The molecular formula is C22H19N3O4. The number of ether oxygens (including phenoxy) is 1. The van der Waals surface area contributed by atoms with Crippen LogP contribution < -0.4 is 10.1 Å². The monoisotopic (exact) mass is 389 g/mol. The number of pyridine rings is 1. The van der Waals surface area contributed by atoms with Crippen molar-refractivity contribution in [2.75, 3.05) is 12.4 Å². The van der Waals surface area contributed by atoms with Gasteiger partial charge < -0.3 is 10.1 Å². The quantitative estimate of drug-likeness (QED) is 0.677. The summed E-state index contributed by atoms with van der Waals surface area (Å²) in [6.07, 6.45) is 0.553. The van der Waals surface area contributed by atoms with Gasteiger partial charge in [0.2, 0.25) is 11.8 Å². The number of nitrogens with zero attached hydrogens (tertiary/aromatic N) is 2. The van der Waals surface area contributed by atoms with Crippen molar-refractivity contribution < 1.29 is 19.1 Å². The summed E-state index contributed by atoms with van der Waals surface area (Å²) in [5.41, 5.74) is 2.44. The number of rotatable bonds is 5. The molecule has 146 valence electrons. The van der Waals surface area contributed by atoms with Gasteiger partial charge in [0.1, 0.15) is 11.4 Å². The van der Waals surface area contributed by atoms with Crippen LogP contribution >= 0.6 is 0 Å². The molecule has 0 atom stereocenters. The zero-order valence-corrected chi connectivity index (χ0v) is 15.8. The van der Waals surface area contributed by atoms with Crippen molar-refractivity contribution in [2.45, 2.75) is 19.4 Å². The maximum Gasteiger partial charge on any atom is 0.274 e. The van der Waals surface area contributed by atoms with Crippen LogP contribution in [-0.4, -0.2) is 34.7 Å². The van der Waals surface area contributed by atoms with Crippen molar-refractivity contribution in [3.8, 4) is 5.75 Å². The first-order chi connectivity index (χ1) is 14.0. The maximum absolute atomic E-state index is 12.5. The van der Waals surface area contributed by atoms with Crippen LogP contribution in [-0.2, 0) is 16.1 Å². The van der Waals surface area contributed by atoms with E-state index in [4.69, 9.17) is 4.74 Å². The van der Waals surface area contributed by atoms with Crippen molar-refractivity contribution >= 4 is 34.3 Å². The van der Waals surface area contributed by atoms with Crippen molar-refractivity contribution in [3.63, 3.8) is 0 Å². The first-order valence-corrected chi connectivity index (χ1v) is 9.22. The molecule has 3 amide bonds. The minimum Gasteiger partial charge on any atom is -0.497 e. The molecule has 3 aromatic rings. The number of carbonyl (C=O) groups excluding carboxylic acids is 3. The second-order valence-electron chi connectivity index (χ2n) is 6.78. The van der Waals surface area contributed by atoms with Crippen molar-refractivity contribution in [1.29, 1.82) is 0 Å². The Balaban J connectivity index is 1.45. The number of amides is 3. The molecule has 0 spiro atoms. The molecule has 0 aliphatic carbocycles. The van der Waals surface area contributed by atoms with Gasteiger partial charge in [-0.1, -0.05) is 18.2 Å². The largest absolute Gasteiger partial charge is 0.497 e. The Kier molecular flexibility index (Phi) is 4.95. The fourth-order valence-electron chi connectivity index (χ4n) is 3.23. The highest BCUT2D eigenvalue weighted by Crippen LogP contribution is 2.21. The Hall–Kier alpha value is -3.74. The topological polar surface area (TPSA) is 88.6 Å². The van der Waals surface area contributed by atoms with Crippen LogP contribution in [0.5, 0.6) is 5.75 Å². The van der Waals surface area contributed by atoms with Crippen LogP contribution in [0, 0.1) is 0 Å². The summed E-state index contributed by atoms with van der Waals surface area (Å²) < 4.78 is 5.19. The van der Waals surface area contributed by atoms with Gasteiger partial charge >= 0.3 is 0 Å². The third-order valence-corrected chi connectivity index (χ3v) is 4.84. The summed E-state index contributed by atoms with van der Waals surface area (Å²) in [7, 11) is 1.60. The number of hydrogen-bond donors (Lipinski definition) is 1. The molecule has 0 unspecified atom stereocenters. The van der Waals surface area contributed by atoms with Crippen LogP contribution in [0.15, 0.2) is 54.6 Å². The van der Waals surface area contributed by atoms with Gasteiger partial charge in [-0.05, 0) is 42.0 Å². The van der Waals surface area contributed by atoms with Crippen LogP contribution in [0.25, 0.3) is 10.9 Å². The van der Waals surface area contributed by atoms with E-state index in [-0.39, 0.29) is 37.1 Å². The molecule has 1 saturated heterocycles. The van der Waals surface area contributed by atoms with Crippen LogP contribution in [0.2, 0.25) is 0 Å². The lowest BCUT2D eigenvalue weighted by Crippen LogP contribution is -2.28. The third kappa shape index (κ3) is 3.94. The number of imide groups is 1. The zero-order valence-electron chi connectivity index (χ0n) is 15.8. The van der Waals surface area contributed by atoms with Gasteiger partial charge in [-0.25, -0.2) is 4.98 Å². The van der Waals surface area contributed by atoms with Gasteiger partial charge in [-0.3, -0.25) is 19.3 Å². The minimum atomic E-state index is -0.319. The Bertz CT molecular complexity index is 1090. The molecule has 1 aliphatic rings. The molecule has 0 saturated carbocycles. The standard InChI is InChI=1S/C22H19N3O4/c1-29-17-7-9-18-15(12-17)4-8-19(24-18)22(28)23-16-5-2-14(3-6-16)13-25-20(26)10-11-21(25)27/h2-9,12H,10-11,13H2,1H3,(H,23,28). The van der Waals surface area contributed by atoms with E-state index in [1.807, 2.05) is 12.1 Å². The molecule has 7 heteroatoms. The fraction of sp³-hybridized carbons (Fsp3) is 0.182. The average Bonchev–Trinajstić information content (AvgIpc) is 3.06. The second-order valence-corrected chi connectivity index (χ2v) is 6.78. The number of nitrogens with one attached hydrogen (secondary N) is 1. The number of likely N-dealkylation sites (tertiary alicyclic amines) is 1. The van der Waals surface area contributed by atoms with E-state index in [9.17, 15) is 14.4 Å². The van der Waals surface area contributed by atoms with Crippen molar-refractivity contribution in [2.24, 2.45) is 0 Å². The van der Waals surface area contributed by atoms with E-state index >= 15 is 0 Å². The number of methoxy groups -OCH3 is 1. The highest BCUT2D eigenvalue weighted by molar-refractivity contribution is 6.04. The highest BCUT2D eigenvalue weighted by Gasteiger charge is 2.28. The summed E-state index contributed by atoms with van der Waals surface area (Å²) >= 11 is 0. The third-order valence-electron chi connectivity index (χ3n) is 4.84. The van der Waals surface area contributed by atoms with Crippen LogP contribution in [0.3, 0.4) is 0 Å². The summed E-state index contributed by atoms with van der Waals surface area (Å²) in [6.45, 7) is 0.252. The molecule has 2 heterocycles. The lowest BCUT2D eigenvalue weighted by atomic mass is 10.1. The number of benzene rings is 2. The van der Waals surface area contributed by atoms with E-state index < -0.39 is 0 Å². The van der Waals surface area contributed by atoms with E-state index in [2.05, 4.69) is 10.3 Å². The summed E-state index contributed by atoms with van der Waals surface area (Å²) in [5.74, 6) is 0.119. The Morgan fingerprint density at radius 2 is 1.76 bits per heavy atom. The van der Waals surface area contributed by atoms with Gasteiger partial charge in [-0.2, -0.15) is 0 Å². The number of carbonyl (C=O) groups is 3. The van der Waals surface area contributed by atoms with Gasteiger partial charge in [0.15, 0.2) is 0 Å². The first-order valence-electron chi connectivity index (χ1n) is 9.22. The molecular weight excluding hydrogens is 370 g/mol. The lowest BCUT2D eigenvalue weighted by Gasteiger charge is -2.14. The smallest absolute Gasteiger partial charge is 0.274 e. The molecule has 4 rings (SSSR count). The zero-order chi connectivity index (χ0) is 20.4. The maximum atomic E-state index is 12.5. The Morgan fingerprint density at radius 3 is 2.45 bits per heavy atom. The molecule has 1 N–H and O–H groups in total. The van der Waals surface area contributed by atoms with E-state index in [0.29, 0.717) is 16.9 Å². The summed E-state index contributed by atoms with van der Waals surface area (Å²) in [5, 5.41) is 3.70. The predicted molar refractivity (Wildman–Crippen MR) is 107 cm³/mol. The van der Waals surface area contributed by atoms with Gasteiger partial charge in [0.25, 0.3) is 5.91 Å².